The zero-order valence-electron chi connectivity index (χ0n) is 17.8. The quantitative estimate of drug-likeness (QED) is 0.303. The molecule has 2 saturated carbocycles. The lowest BCUT2D eigenvalue weighted by Gasteiger charge is -2.30. The Bertz CT molecular complexity index is 575. The molecule has 2 bridgehead atoms. The second kappa shape index (κ2) is 12.7. The first kappa shape index (κ1) is 23.4. The van der Waals surface area contributed by atoms with Crippen molar-refractivity contribution in [1.29, 1.82) is 0 Å². The molecule has 2 fully saturated rings. The number of allylic oxidation sites excluding steroid dienone is 2. The van der Waals surface area contributed by atoms with Crippen LogP contribution in [0.3, 0.4) is 0 Å². The van der Waals surface area contributed by atoms with Gasteiger partial charge in [-0.1, -0.05) is 25.5 Å². The SMILES string of the molecule is CCCCC(=O)NCCC(=O)NC[C@@H]1[C@@H]2CC[C@@H](C2)[C@@H]1CC=CCCCC(=O)O. The van der Waals surface area contributed by atoms with Crippen molar-refractivity contribution in [2.75, 3.05) is 13.1 Å². The molecule has 2 aliphatic carbocycles. The first-order chi connectivity index (χ1) is 14.0. The zero-order chi connectivity index (χ0) is 21.1. The third kappa shape index (κ3) is 8.19. The topological polar surface area (TPSA) is 95.5 Å². The number of carbonyl (C=O) groups excluding carboxylic acids is 2. The fraction of sp³-hybridized carbons (Fsp3) is 0.783. The van der Waals surface area contributed by atoms with E-state index in [1.165, 1.54) is 19.3 Å². The molecule has 0 aromatic heterocycles. The molecule has 164 valence electrons. The van der Waals surface area contributed by atoms with Gasteiger partial charge in [-0.3, -0.25) is 14.4 Å². The predicted octanol–water partition coefficient (Wildman–Crippen LogP) is 3.66. The molecule has 0 aromatic carbocycles. The molecular weight excluding hydrogens is 368 g/mol. The largest absolute Gasteiger partial charge is 0.481 e. The number of nitrogens with one attached hydrogen (secondary N) is 2. The van der Waals surface area contributed by atoms with Crippen LogP contribution in [0.5, 0.6) is 0 Å². The number of carboxylic acids is 1. The van der Waals surface area contributed by atoms with Crippen LogP contribution >= 0.6 is 0 Å². The summed E-state index contributed by atoms with van der Waals surface area (Å²) in [7, 11) is 0. The summed E-state index contributed by atoms with van der Waals surface area (Å²) in [6.07, 6.45) is 13.7. The van der Waals surface area contributed by atoms with Crippen LogP contribution < -0.4 is 10.6 Å². The van der Waals surface area contributed by atoms with E-state index >= 15 is 0 Å². The molecule has 0 aromatic rings. The minimum absolute atomic E-state index is 0.0199. The molecule has 2 aliphatic rings. The van der Waals surface area contributed by atoms with E-state index < -0.39 is 5.97 Å². The van der Waals surface area contributed by atoms with Crippen molar-refractivity contribution in [1.82, 2.24) is 10.6 Å². The van der Waals surface area contributed by atoms with Crippen molar-refractivity contribution >= 4 is 17.8 Å². The number of hydrogen-bond donors (Lipinski definition) is 3. The summed E-state index contributed by atoms with van der Waals surface area (Å²) in [4.78, 5) is 34.3. The highest BCUT2D eigenvalue weighted by Crippen LogP contribution is 2.53. The highest BCUT2D eigenvalue weighted by molar-refractivity contribution is 5.78. The maximum Gasteiger partial charge on any atom is 0.303 e. The normalized spacial score (nSPS) is 25.4. The minimum Gasteiger partial charge on any atom is -0.481 e. The van der Waals surface area contributed by atoms with E-state index in [2.05, 4.69) is 29.7 Å². The Morgan fingerprint density at radius 1 is 0.931 bits per heavy atom. The van der Waals surface area contributed by atoms with Gasteiger partial charge in [0, 0.05) is 32.4 Å². The number of aliphatic carboxylic acids is 1. The van der Waals surface area contributed by atoms with Crippen molar-refractivity contribution in [2.24, 2.45) is 23.7 Å². The van der Waals surface area contributed by atoms with Gasteiger partial charge in [-0.15, -0.1) is 0 Å². The number of carboxylic acid groups (broad SMARTS) is 1. The average molecular weight is 407 g/mol. The first-order valence-electron chi connectivity index (χ1n) is 11.4. The van der Waals surface area contributed by atoms with E-state index in [1.807, 2.05) is 0 Å². The Labute approximate surface area is 174 Å². The van der Waals surface area contributed by atoms with Gasteiger partial charge in [0.1, 0.15) is 0 Å². The van der Waals surface area contributed by atoms with Gasteiger partial charge in [0.15, 0.2) is 0 Å². The summed E-state index contributed by atoms with van der Waals surface area (Å²) < 4.78 is 0. The van der Waals surface area contributed by atoms with Crippen molar-refractivity contribution in [3.63, 3.8) is 0 Å². The van der Waals surface area contributed by atoms with Gasteiger partial charge >= 0.3 is 5.97 Å². The summed E-state index contributed by atoms with van der Waals surface area (Å²) >= 11 is 0. The molecule has 6 heteroatoms. The highest BCUT2D eigenvalue weighted by atomic mass is 16.4. The van der Waals surface area contributed by atoms with Crippen LogP contribution in [0.1, 0.15) is 77.6 Å². The van der Waals surface area contributed by atoms with Crippen LogP contribution in [0.2, 0.25) is 0 Å². The van der Waals surface area contributed by atoms with Crippen molar-refractivity contribution in [3.8, 4) is 0 Å². The molecule has 2 amide bonds. The maximum absolute atomic E-state index is 12.2. The molecular formula is C23H38N2O4. The number of unbranched alkanes of at least 4 members (excludes halogenated alkanes) is 2. The fourth-order valence-corrected chi connectivity index (χ4v) is 5.02. The molecule has 0 spiro atoms. The summed E-state index contributed by atoms with van der Waals surface area (Å²) in [6.45, 7) is 3.20. The van der Waals surface area contributed by atoms with Gasteiger partial charge in [-0.05, 0) is 68.6 Å². The summed E-state index contributed by atoms with van der Waals surface area (Å²) in [6, 6.07) is 0. The van der Waals surface area contributed by atoms with E-state index in [0.29, 0.717) is 37.6 Å². The van der Waals surface area contributed by atoms with Gasteiger partial charge in [0.2, 0.25) is 11.8 Å². The van der Waals surface area contributed by atoms with Crippen LogP contribution in [-0.4, -0.2) is 36.0 Å². The van der Waals surface area contributed by atoms with Crippen LogP contribution in [0.4, 0.5) is 0 Å². The standard InChI is InChI=1S/C23H38N2O4/c1-2-3-9-21(26)24-14-13-22(27)25-16-20-18-12-11-17(15-18)19(20)8-6-4-5-7-10-23(28)29/h4,6,17-20H,2-3,5,7-16H2,1H3,(H,24,26)(H,25,27)(H,28,29)/t17-,18+,19-,20+/m0/s1. The molecule has 6 nitrogen and oxygen atoms in total. The van der Waals surface area contributed by atoms with E-state index in [9.17, 15) is 14.4 Å². The summed E-state index contributed by atoms with van der Waals surface area (Å²) in [5.74, 6) is 1.97. The minimum atomic E-state index is -0.733. The Balaban J connectivity index is 1.67. The van der Waals surface area contributed by atoms with Gasteiger partial charge in [0.05, 0.1) is 0 Å². The Morgan fingerprint density at radius 2 is 1.66 bits per heavy atom. The third-order valence-electron chi connectivity index (χ3n) is 6.58. The summed E-state index contributed by atoms with van der Waals surface area (Å²) in [5, 5.41) is 14.6. The monoisotopic (exact) mass is 406 g/mol. The molecule has 2 rings (SSSR count). The smallest absolute Gasteiger partial charge is 0.303 e. The van der Waals surface area contributed by atoms with E-state index in [0.717, 1.165) is 44.1 Å². The van der Waals surface area contributed by atoms with Crippen LogP contribution in [-0.2, 0) is 14.4 Å². The van der Waals surface area contributed by atoms with Gasteiger partial charge < -0.3 is 15.7 Å². The molecule has 0 unspecified atom stereocenters. The van der Waals surface area contributed by atoms with Gasteiger partial charge in [0.25, 0.3) is 0 Å². The highest BCUT2D eigenvalue weighted by Gasteiger charge is 2.46. The Morgan fingerprint density at radius 3 is 2.38 bits per heavy atom. The van der Waals surface area contributed by atoms with Crippen LogP contribution in [0.25, 0.3) is 0 Å². The number of amides is 2. The van der Waals surface area contributed by atoms with Crippen molar-refractivity contribution in [3.05, 3.63) is 12.2 Å². The Kier molecular flexibility index (Phi) is 10.2. The van der Waals surface area contributed by atoms with Crippen LogP contribution in [0.15, 0.2) is 12.2 Å². The maximum atomic E-state index is 12.2. The number of carbonyl (C=O) groups is 3. The second-order valence-corrected chi connectivity index (χ2v) is 8.66. The van der Waals surface area contributed by atoms with E-state index in [1.54, 1.807) is 0 Å². The lowest BCUT2D eigenvalue weighted by Crippen LogP contribution is -2.37. The fourth-order valence-electron chi connectivity index (χ4n) is 5.02. The molecule has 3 N–H and O–H groups in total. The summed E-state index contributed by atoms with van der Waals surface area (Å²) in [5.41, 5.74) is 0. The van der Waals surface area contributed by atoms with E-state index in [-0.39, 0.29) is 18.2 Å². The zero-order valence-corrected chi connectivity index (χ0v) is 17.8. The van der Waals surface area contributed by atoms with Crippen molar-refractivity contribution in [2.45, 2.75) is 77.6 Å². The molecule has 4 atom stereocenters. The molecule has 0 aliphatic heterocycles. The lowest BCUT2D eigenvalue weighted by molar-refractivity contribution is -0.137. The van der Waals surface area contributed by atoms with Gasteiger partial charge in [-0.25, -0.2) is 0 Å². The number of hydrogen-bond acceptors (Lipinski definition) is 3. The lowest BCUT2D eigenvalue weighted by atomic mass is 9.77. The number of rotatable bonds is 14. The van der Waals surface area contributed by atoms with E-state index in [4.69, 9.17) is 5.11 Å². The number of fused-ring (bicyclic) bond motifs is 2. The van der Waals surface area contributed by atoms with Gasteiger partial charge in [-0.2, -0.15) is 0 Å². The third-order valence-corrected chi connectivity index (χ3v) is 6.58. The predicted molar refractivity (Wildman–Crippen MR) is 113 cm³/mol. The second-order valence-electron chi connectivity index (χ2n) is 8.66. The molecule has 0 heterocycles. The molecule has 0 saturated heterocycles. The average Bonchev–Trinajstić information content (AvgIpc) is 3.29. The van der Waals surface area contributed by atoms with Crippen LogP contribution in [0, 0.1) is 23.7 Å². The Hall–Kier alpha value is -1.85. The van der Waals surface area contributed by atoms with Crippen molar-refractivity contribution < 1.29 is 19.5 Å². The molecule has 0 radical (unpaired) electrons. The molecule has 29 heavy (non-hydrogen) atoms. The first-order valence-corrected chi connectivity index (χ1v) is 11.4.